The predicted molar refractivity (Wildman–Crippen MR) is 96.2 cm³/mol. The third-order valence-electron chi connectivity index (χ3n) is 3.50. The van der Waals surface area contributed by atoms with E-state index in [0.29, 0.717) is 29.8 Å². The number of nitrogens with zero attached hydrogens (tertiary/aromatic N) is 1. The lowest BCUT2D eigenvalue weighted by atomic mass is 10.1. The molecular weight excluding hydrogens is 306 g/mol. The summed E-state index contributed by atoms with van der Waals surface area (Å²) < 4.78 is 16.1. The maximum atomic E-state index is 5.96. The van der Waals surface area contributed by atoms with Crippen molar-refractivity contribution in [2.24, 2.45) is 10.7 Å². The first kappa shape index (κ1) is 17.5. The van der Waals surface area contributed by atoms with Crippen LogP contribution in [0.25, 0.3) is 0 Å². The van der Waals surface area contributed by atoms with Crippen molar-refractivity contribution in [3.63, 3.8) is 0 Å². The number of ether oxygens (including phenoxy) is 3. The van der Waals surface area contributed by atoms with Gasteiger partial charge in [0.1, 0.15) is 0 Å². The molecule has 128 valence electrons. The van der Waals surface area contributed by atoms with Gasteiger partial charge in [0.15, 0.2) is 17.5 Å². The van der Waals surface area contributed by atoms with Crippen molar-refractivity contribution in [3.05, 3.63) is 47.5 Å². The Labute approximate surface area is 142 Å². The molecule has 0 bridgehead atoms. The molecule has 6 nitrogen and oxygen atoms in total. The molecule has 0 fully saturated rings. The number of anilines is 1. The molecule has 0 aromatic heterocycles. The number of nitrogens with one attached hydrogen (secondary N) is 1. The first-order chi connectivity index (χ1) is 11.6. The van der Waals surface area contributed by atoms with E-state index in [9.17, 15) is 0 Å². The number of methoxy groups -OCH3 is 3. The average Bonchev–Trinajstić information content (AvgIpc) is 2.58. The van der Waals surface area contributed by atoms with Crippen molar-refractivity contribution in [2.75, 3.05) is 26.6 Å². The second-order valence-corrected chi connectivity index (χ2v) is 5.19. The van der Waals surface area contributed by atoms with Gasteiger partial charge >= 0.3 is 0 Å². The van der Waals surface area contributed by atoms with Crippen LogP contribution in [-0.4, -0.2) is 27.3 Å². The fourth-order valence-electron chi connectivity index (χ4n) is 2.37. The Morgan fingerprint density at radius 2 is 1.79 bits per heavy atom. The number of hydrogen-bond acceptors (Lipinski definition) is 4. The molecule has 2 aromatic rings. The van der Waals surface area contributed by atoms with E-state index in [4.69, 9.17) is 19.9 Å². The summed E-state index contributed by atoms with van der Waals surface area (Å²) >= 11 is 0. The quantitative estimate of drug-likeness (QED) is 0.629. The van der Waals surface area contributed by atoms with Crippen molar-refractivity contribution in [1.29, 1.82) is 0 Å². The number of benzene rings is 2. The molecule has 0 saturated heterocycles. The average molecular weight is 329 g/mol. The van der Waals surface area contributed by atoms with Crippen molar-refractivity contribution in [2.45, 2.75) is 13.5 Å². The first-order valence-electron chi connectivity index (χ1n) is 7.50. The van der Waals surface area contributed by atoms with Crippen LogP contribution < -0.4 is 25.3 Å². The Balaban J connectivity index is 2.18. The lowest BCUT2D eigenvalue weighted by molar-refractivity contribution is 0.322. The van der Waals surface area contributed by atoms with Gasteiger partial charge in [-0.05, 0) is 36.8 Å². The highest BCUT2D eigenvalue weighted by atomic mass is 16.5. The van der Waals surface area contributed by atoms with Gasteiger partial charge in [-0.25, -0.2) is 4.99 Å². The summed E-state index contributed by atoms with van der Waals surface area (Å²) in [7, 11) is 4.73. The second kappa shape index (κ2) is 8.10. The van der Waals surface area contributed by atoms with Crippen LogP contribution in [0.4, 0.5) is 5.69 Å². The van der Waals surface area contributed by atoms with Gasteiger partial charge in [0.2, 0.25) is 5.75 Å². The topological polar surface area (TPSA) is 78.1 Å². The van der Waals surface area contributed by atoms with E-state index in [1.54, 1.807) is 21.3 Å². The number of guanidine groups is 1. The number of rotatable bonds is 6. The van der Waals surface area contributed by atoms with Crippen molar-refractivity contribution in [3.8, 4) is 17.2 Å². The molecule has 3 N–H and O–H groups in total. The van der Waals surface area contributed by atoms with E-state index in [1.807, 2.05) is 43.3 Å². The Morgan fingerprint density at radius 3 is 2.42 bits per heavy atom. The molecule has 6 heteroatoms. The molecule has 0 unspecified atom stereocenters. The minimum atomic E-state index is 0.331. The van der Waals surface area contributed by atoms with Gasteiger partial charge < -0.3 is 25.3 Å². The summed E-state index contributed by atoms with van der Waals surface area (Å²) in [5.74, 6) is 2.06. The predicted octanol–water partition coefficient (Wildman–Crippen LogP) is 2.95. The zero-order chi connectivity index (χ0) is 17.5. The minimum absolute atomic E-state index is 0.331. The van der Waals surface area contributed by atoms with E-state index < -0.39 is 0 Å². The van der Waals surface area contributed by atoms with Crippen molar-refractivity contribution < 1.29 is 14.2 Å². The molecule has 0 aliphatic carbocycles. The van der Waals surface area contributed by atoms with Crippen molar-refractivity contribution >= 4 is 11.6 Å². The molecule has 0 saturated carbocycles. The summed E-state index contributed by atoms with van der Waals surface area (Å²) in [6, 6.07) is 11.6. The molecule has 0 atom stereocenters. The Hall–Kier alpha value is -2.89. The van der Waals surface area contributed by atoms with Gasteiger partial charge in [-0.1, -0.05) is 12.1 Å². The second-order valence-electron chi connectivity index (χ2n) is 5.19. The molecule has 0 heterocycles. The smallest absolute Gasteiger partial charge is 0.203 e. The monoisotopic (exact) mass is 329 g/mol. The van der Waals surface area contributed by atoms with E-state index in [1.165, 1.54) is 0 Å². The molecule has 0 aliphatic heterocycles. The fraction of sp³-hybridized carbons (Fsp3) is 0.278. The molecule has 24 heavy (non-hydrogen) atoms. The first-order valence-corrected chi connectivity index (χ1v) is 7.50. The maximum absolute atomic E-state index is 5.96. The van der Waals surface area contributed by atoms with Crippen LogP contribution in [-0.2, 0) is 6.54 Å². The zero-order valence-electron chi connectivity index (χ0n) is 14.4. The third-order valence-corrected chi connectivity index (χ3v) is 3.50. The lowest BCUT2D eigenvalue weighted by Gasteiger charge is -2.15. The number of aryl methyl sites for hydroxylation is 1. The number of nitrogens with two attached hydrogens (primary N) is 1. The Kier molecular flexibility index (Phi) is 5.89. The van der Waals surface area contributed by atoms with Gasteiger partial charge in [-0.15, -0.1) is 0 Å². The molecule has 2 aromatic carbocycles. The van der Waals surface area contributed by atoms with E-state index in [-0.39, 0.29) is 0 Å². The minimum Gasteiger partial charge on any atom is -0.493 e. The molecule has 0 radical (unpaired) electrons. The van der Waals surface area contributed by atoms with Gasteiger partial charge in [0.25, 0.3) is 0 Å². The molecule has 2 rings (SSSR count). The standard InChI is InChI=1S/C18H23N3O3/c1-12-6-5-7-14(10-12)21-18(19)20-11-13-8-9-15(22-2)17(24-4)16(13)23-3/h5-10H,11H2,1-4H3,(H3,19,20,21). The highest BCUT2D eigenvalue weighted by Crippen LogP contribution is 2.39. The summed E-state index contributed by atoms with van der Waals surface area (Å²) in [6.45, 7) is 2.38. The normalized spacial score (nSPS) is 11.1. The van der Waals surface area contributed by atoms with E-state index in [0.717, 1.165) is 16.8 Å². The van der Waals surface area contributed by atoms with Gasteiger partial charge in [-0.2, -0.15) is 0 Å². The fourth-order valence-corrected chi connectivity index (χ4v) is 2.37. The zero-order valence-corrected chi connectivity index (χ0v) is 14.4. The number of hydrogen-bond donors (Lipinski definition) is 2. The Bertz CT molecular complexity index is 729. The SMILES string of the molecule is COc1ccc(CN=C(N)Nc2cccc(C)c2)c(OC)c1OC. The maximum Gasteiger partial charge on any atom is 0.203 e. The Morgan fingerprint density at radius 1 is 1.04 bits per heavy atom. The van der Waals surface area contributed by atoms with Crippen LogP contribution in [0.15, 0.2) is 41.4 Å². The van der Waals surface area contributed by atoms with E-state index in [2.05, 4.69) is 10.3 Å². The largest absolute Gasteiger partial charge is 0.493 e. The third kappa shape index (κ3) is 4.10. The van der Waals surface area contributed by atoms with Crippen LogP contribution >= 0.6 is 0 Å². The summed E-state index contributed by atoms with van der Waals surface area (Å²) in [5, 5.41) is 3.07. The number of aliphatic imine (C=N–C) groups is 1. The van der Waals surface area contributed by atoms with Crippen LogP contribution in [0, 0.1) is 6.92 Å². The summed E-state index contributed by atoms with van der Waals surface area (Å²) in [5.41, 5.74) is 8.86. The summed E-state index contributed by atoms with van der Waals surface area (Å²) in [6.07, 6.45) is 0. The van der Waals surface area contributed by atoms with Crippen LogP contribution in [0.1, 0.15) is 11.1 Å². The highest BCUT2D eigenvalue weighted by Gasteiger charge is 2.15. The van der Waals surface area contributed by atoms with Gasteiger partial charge in [0.05, 0.1) is 27.9 Å². The lowest BCUT2D eigenvalue weighted by Crippen LogP contribution is -2.22. The van der Waals surface area contributed by atoms with Crippen molar-refractivity contribution in [1.82, 2.24) is 0 Å². The molecule has 0 amide bonds. The van der Waals surface area contributed by atoms with Crippen LogP contribution in [0.3, 0.4) is 0 Å². The van der Waals surface area contributed by atoms with Gasteiger partial charge in [-0.3, -0.25) is 0 Å². The molecule has 0 spiro atoms. The highest BCUT2D eigenvalue weighted by molar-refractivity contribution is 5.92. The molecule has 0 aliphatic rings. The van der Waals surface area contributed by atoms with Crippen LogP contribution in [0.5, 0.6) is 17.2 Å². The summed E-state index contributed by atoms with van der Waals surface area (Å²) in [4.78, 5) is 4.37. The van der Waals surface area contributed by atoms with Crippen LogP contribution in [0.2, 0.25) is 0 Å². The van der Waals surface area contributed by atoms with E-state index >= 15 is 0 Å². The van der Waals surface area contributed by atoms with Gasteiger partial charge in [0, 0.05) is 11.3 Å². The molecular formula is C18H23N3O3.